The summed E-state index contributed by atoms with van der Waals surface area (Å²) in [6.07, 6.45) is 10.6. The van der Waals surface area contributed by atoms with Gasteiger partial charge >= 0.3 is 0 Å². The number of nitrogens with zero attached hydrogens (tertiary/aromatic N) is 3. The van der Waals surface area contributed by atoms with Gasteiger partial charge in [0.2, 0.25) is 5.91 Å². The Morgan fingerprint density at radius 3 is 2.28 bits per heavy atom. The molecule has 1 saturated carbocycles. The molecule has 2 atom stereocenters. The minimum absolute atomic E-state index is 0.0649. The molecule has 8 heteroatoms. The molecule has 8 nitrogen and oxygen atoms in total. The summed E-state index contributed by atoms with van der Waals surface area (Å²) >= 11 is 0. The lowest BCUT2D eigenvalue weighted by molar-refractivity contribution is -0.123. The van der Waals surface area contributed by atoms with E-state index >= 15 is 0 Å². The van der Waals surface area contributed by atoms with Gasteiger partial charge < -0.3 is 14.8 Å². The Morgan fingerprint density at radius 2 is 1.67 bits per heavy atom. The maximum absolute atomic E-state index is 14.1. The third-order valence-corrected chi connectivity index (χ3v) is 7.54. The van der Waals surface area contributed by atoms with E-state index in [1.54, 1.807) is 32.4 Å². The van der Waals surface area contributed by atoms with E-state index in [0.29, 0.717) is 28.7 Å². The van der Waals surface area contributed by atoms with E-state index in [0.717, 1.165) is 32.1 Å². The highest BCUT2D eigenvalue weighted by molar-refractivity contribution is 6.09. The van der Waals surface area contributed by atoms with Crippen LogP contribution in [0, 0.1) is 0 Å². The SMILES string of the molecule is CC[C@H](C)c1ccc(N(C(=O)c2cnccn2)[C@@H](C(=O)NC2CCCCC2)c2ccc(OC)c(OC)c2)cc1. The average Bonchev–Trinajstić information content (AvgIpc) is 2.99. The van der Waals surface area contributed by atoms with E-state index in [4.69, 9.17) is 9.47 Å². The summed E-state index contributed by atoms with van der Waals surface area (Å²) in [6, 6.07) is 12.2. The second-order valence-corrected chi connectivity index (χ2v) is 10.0. The molecule has 0 unspecified atom stereocenters. The van der Waals surface area contributed by atoms with Crippen molar-refractivity contribution in [2.24, 2.45) is 0 Å². The molecule has 0 spiro atoms. The van der Waals surface area contributed by atoms with Gasteiger partial charge in [0.15, 0.2) is 11.5 Å². The number of rotatable bonds is 10. The molecular formula is C31H38N4O4. The Morgan fingerprint density at radius 1 is 0.974 bits per heavy atom. The highest BCUT2D eigenvalue weighted by Crippen LogP contribution is 2.36. The summed E-state index contributed by atoms with van der Waals surface area (Å²) < 4.78 is 11.0. The molecule has 4 rings (SSSR count). The third-order valence-electron chi connectivity index (χ3n) is 7.54. The van der Waals surface area contributed by atoms with Gasteiger partial charge in [0.25, 0.3) is 5.91 Å². The highest BCUT2D eigenvalue weighted by Gasteiger charge is 2.36. The van der Waals surface area contributed by atoms with Crippen molar-refractivity contribution in [3.8, 4) is 11.5 Å². The van der Waals surface area contributed by atoms with Crippen LogP contribution < -0.4 is 19.7 Å². The van der Waals surface area contributed by atoms with Crippen molar-refractivity contribution in [1.29, 1.82) is 0 Å². The van der Waals surface area contributed by atoms with Crippen molar-refractivity contribution < 1.29 is 19.1 Å². The molecule has 1 heterocycles. The Bertz CT molecular complexity index is 1240. The fourth-order valence-corrected chi connectivity index (χ4v) is 5.08. The number of nitrogens with one attached hydrogen (secondary N) is 1. The number of ether oxygens (including phenoxy) is 2. The minimum Gasteiger partial charge on any atom is -0.493 e. The highest BCUT2D eigenvalue weighted by atomic mass is 16.5. The van der Waals surface area contributed by atoms with Gasteiger partial charge in [-0.05, 0) is 60.6 Å². The Kier molecular flexibility index (Phi) is 9.52. The molecule has 0 bridgehead atoms. The Hall–Kier alpha value is -3.94. The van der Waals surface area contributed by atoms with Gasteiger partial charge in [-0.3, -0.25) is 19.5 Å². The first-order chi connectivity index (χ1) is 19.0. The molecule has 1 aliphatic rings. The summed E-state index contributed by atoms with van der Waals surface area (Å²) in [5.74, 6) is 0.719. The first-order valence-electron chi connectivity index (χ1n) is 13.7. The number of hydrogen-bond acceptors (Lipinski definition) is 6. The average molecular weight is 531 g/mol. The summed E-state index contributed by atoms with van der Waals surface area (Å²) in [4.78, 5) is 38.1. The van der Waals surface area contributed by atoms with Crippen LogP contribution in [-0.2, 0) is 4.79 Å². The quantitative estimate of drug-likeness (QED) is 0.354. The summed E-state index contributed by atoms with van der Waals surface area (Å²) in [6.45, 7) is 4.31. The topological polar surface area (TPSA) is 93.7 Å². The van der Waals surface area contributed by atoms with Gasteiger partial charge in [0.05, 0.1) is 20.4 Å². The monoisotopic (exact) mass is 530 g/mol. The molecule has 1 aromatic heterocycles. The van der Waals surface area contributed by atoms with E-state index in [2.05, 4.69) is 29.1 Å². The molecule has 0 aliphatic heterocycles. The van der Waals surface area contributed by atoms with Gasteiger partial charge in [0, 0.05) is 24.1 Å². The van der Waals surface area contributed by atoms with Crippen LogP contribution in [0.4, 0.5) is 5.69 Å². The van der Waals surface area contributed by atoms with Crippen LogP contribution in [0.3, 0.4) is 0 Å². The second-order valence-electron chi connectivity index (χ2n) is 10.0. The molecule has 1 fully saturated rings. The molecule has 2 aromatic carbocycles. The lowest BCUT2D eigenvalue weighted by atomic mass is 9.94. The first kappa shape index (κ1) is 28.1. The largest absolute Gasteiger partial charge is 0.493 e. The van der Waals surface area contributed by atoms with Crippen molar-refractivity contribution in [3.05, 3.63) is 77.9 Å². The van der Waals surface area contributed by atoms with Crippen LogP contribution in [0.2, 0.25) is 0 Å². The minimum atomic E-state index is -0.976. The van der Waals surface area contributed by atoms with Crippen molar-refractivity contribution in [1.82, 2.24) is 15.3 Å². The van der Waals surface area contributed by atoms with E-state index in [9.17, 15) is 9.59 Å². The van der Waals surface area contributed by atoms with Crippen molar-refractivity contribution >= 4 is 17.5 Å². The second kappa shape index (κ2) is 13.2. The summed E-state index contributed by atoms with van der Waals surface area (Å²) in [7, 11) is 3.11. The molecular weight excluding hydrogens is 492 g/mol. The zero-order chi connectivity index (χ0) is 27.8. The fourth-order valence-electron chi connectivity index (χ4n) is 5.08. The zero-order valence-electron chi connectivity index (χ0n) is 23.2. The molecule has 1 aliphatic carbocycles. The van der Waals surface area contributed by atoms with Crippen molar-refractivity contribution in [2.75, 3.05) is 19.1 Å². The molecule has 1 N–H and O–H groups in total. The maximum Gasteiger partial charge on any atom is 0.279 e. The third kappa shape index (κ3) is 6.56. The summed E-state index contributed by atoms with van der Waals surface area (Å²) in [5, 5.41) is 3.24. The standard InChI is InChI=1S/C31H38N4O4/c1-5-21(2)22-11-14-25(15-12-22)35(31(37)26-20-32-17-18-33-26)29(30(36)34-24-9-7-6-8-10-24)23-13-16-27(38-3)28(19-23)39-4/h11-21,24,29H,5-10H2,1-4H3,(H,34,36)/t21-,29+/m0/s1. The van der Waals surface area contributed by atoms with Gasteiger partial charge in [-0.25, -0.2) is 4.98 Å². The molecule has 39 heavy (non-hydrogen) atoms. The number of benzene rings is 2. The number of anilines is 1. The van der Waals surface area contributed by atoms with Gasteiger partial charge in [0.1, 0.15) is 11.7 Å². The number of methoxy groups -OCH3 is 2. The summed E-state index contributed by atoms with van der Waals surface area (Å²) in [5.41, 5.74) is 2.52. The van der Waals surface area contributed by atoms with E-state index in [-0.39, 0.29) is 17.6 Å². The number of amides is 2. The number of hydrogen-bond donors (Lipinski definition) is 1. The van der Waals surface area contributed by atoms with Crippen molar-refractivity contribution in [2.45, 2.75) is 70.4 Å². The first-order valence-corrected chi connectivity index (χ1v) is 13.7. The fraction of sp³-hybridized carbons (Fsp3) is 0.419. The number of aromatic nitrogens is 2. The predicted octanol–water partition coefficient (Wildman–Crippen LogP) is 5.84. The molecule has 3 aromatic rings. The van der Waals surface area contributed by atoms with E-state index < -0.39 is 11.9 Å². The molecule has 206 valence electrons. The van der Waals surface area contributed by atoms with Crippen LogP contribution in [0.15, 0.2) is 61.1 Å². The normalized spacial score (nSPS) is 15.2. The smallest absolute Gasteiger partial charge is 0.279 e. The zero-order valence-corrected chi connectivity index (χ0v) is 23.2. The van der Waals surface area contributed by atoms with E-state index in [1.165, 1.54) is 35.5 Å². The van der Waals surface area contributed by atoms with Crippen LogP contribution in [0.25, 0.3) is 0 Å². The Balaban J connectivity index is 1.84. The van der Waals surface area contributed by atoms with Crippen LogP contribution in [0.1, 0.15) is 85.9 Å². The van der Waals surface area contributed by atoms with Gasteiger partial charge in [-0.15, -0.1) is 0 Å². The van der Waals surface area contributed by atoms with Crippen LogP contribution >= 0.6 is 0 Å². The van der Waals surface area contributed by atoms with Crippen molar-refractivity contribution in [3.63, 3.8) is 0 Å². The Labute approximate surface area is 230 Å². The van der Waals surface area contributed by atoms with E-state index in [1.807, 2.05) is 24.3 Å². The van der Waals surface area contributed by atoms with Crippen LogP contribution in [-0.4, -0.2) is 42.0 Å². The maximum atomic E-state index is 14.1. The number of carbonyl (C=O) groups is 2. The van der Waals surface area contributed by atoms with Gasteiger partial charge in [-0.2, -0.15) is 0 Å². The molecule has 2 amide bonds. The molecule has 0 saturated heterocycles. The lowest BCUT2D eigenvalue weighted by Gasteiger charge is -2.33. The predicted molar refractivity (Wildman–Crippen MR) is 151 cm³/mol. The molecule has 0 radical (unpaired) electrons. The lowest BCUT2D eigenvalue weighted by Crippen LogP contribution is -2.47. The van der Waals surface area contributed by atoms with Crippen LogP contribution in [0.5, 0.6) is 11.5 Å². The number of carbonyl (C=O) groups excluding carboxylic acids is 2. The van der Waals surface area contributed by atoms with Gasteiger partial charge in [-0.1, -0.05) is 51.3 Å².